The lowest BCUT2D eigenvalue weighted by Crippen LogP contribution is -2.11. The van der Waals surface area contributed by atoms with Crippen LogP contribution in [0.3, 0.4) is 0 Å². The number of hydrogen-bond acceptors (Lipinski definition) is 4. The summed E-state index contributed by atoms with van der Waals surface area (Å²) < 4.78 is 5.24. The average Bonchev–Trinajstić information content (AvgIpc) is 2.38. The molecule has 0 heterocycles. The summed E-state index contributed by atoms with van der Waals surface area (Å²) in [4.78, 5) is 12.0. The highest BCUT2D eigenvalue weighted by Gasteiger charge is 2.15. The average molecular weight is 258 g/mol. The lowest BCUT2D eigenvalue weighted by atomic mass is 10.1. The van der Waals surface area contributed by atoms with Gasteiger partial charge >= 0.3 is 5.97 Å². The van der Waals surface area contributed by atoms with Gasteiger partial charge in [-0.3, -0.25) is 0 Å². The van der Waals surface area contributed by atoms with Crippen molar-refractivity contribution in [2.75, 3.05) is 0 Å². The van der Waals surface area contributed by atoms with Crippen LogP contribution in [0.2, 0.25) is 0 Å². The second-order valence-corrected chi connectivity index (χ2v) is 4.24. The molecule has 0 aliphatic heterocycles. The molecule has 0 atom stereocenters. The first-order valence-corrected chi connectivity index (χ1v) is 5.80. The highest BCUT2D eigenvalue weighted by atomic mass is 16.5. The predicted molar refractivity (Wildman–Crippen MR) is 70.6 cm³/mol. The van der Waals surface area contributed by atoms with E-state index in [4.69, 9.17) is 4.74 Å². The summed E-state index contributed by atoms with van der Waals surface area (Å²) in [5.74, 6) is -0.158. The van der Waals surface area contributed by atoms with Crippen molar-refractivity contribution >= 4 is 5.97 Å². The number of phenols is 2. The molecule has 0 spiro atoms. The van der Waals surface area contributed by atoms with E-state index in [9.17, 15) is 15.0 Å². The third-order valence-electron chi connectivity index (χ3n) is 2.98. The summed E-state index contributed by atoms with van der Waals surface area (Å²) in [5.41, 5.74) is 1.25. The molecule has 0 aromatic heterocycles. The Morgan fingerprint density at radius 3 is 2.21 bits per heavy atom. The van der Waals surface area contributed by atoms with Crippen molar-refractivity contribution < 1.29 is 19.7 Å². The molecule has 0 fully saturated rings. The van der Waals surface area contributed by atoms with Crippen molar-refractivity contribution in [3.8, 4) is 17.2 Å². The van der Waals surface area contributed by atoms with Gasteiger partial charge in [0.05, 0.1) is 5.56 Å². The van der Waals surface area contributed by atoms with E-state index in [1.165, 1.54) is 12.1 Å². The second kappa shape index (κ2) is 5.02. The SMILES string of the molecule is Cc1c(O)cccc1OC(=O)c1cccc(O)c1C. The van der Waals surface area contributed by atoms with Crippen LogP contribution in [0.25, 0.3) is 0 Å². The number of aromatic hydroxyl groups is 2. The smallest absolute Gasteiger partial charge is 0.343 e. The van der Waals surface area contributed by atoms with E-state index in [-0.39, 0.29) is 11.5 Å². The maximum Gasteiger partial charge on any atom is 0.343 e. The molecule has 2 N–H and O–H groups in total. The van der Waals surface area contributed by atoms with Gasteiger partial charge in [0.2, 0.25) is 0 Å². The highest BCUT2D eigenvalue weighted by Crippen LogP contribution is 2.27. The largest absolute Gasteiger partial charge is 0.508 e. The van der Waals surface area contributed by atoms with Crippen LogP contribution in [0.5, 0.6) is 17.2 Å². The number of carbonyl (C=O) groups is 1. The zero-order chi connectivity index (χ0) is 14.0. The van der Waals surface area contributed by atoms with Crippen LogP contribution in [0.1, 0.15) is 21.5 Å². The Kier molecular flexibility index (Phi) is 3.42. The van der Waals surface area contributed by atoms with Gasteiger partial charge in [0.25, 0.3) is 0 Å². The first-order valence-electron chi connectivity index (χ1n) is 5.80. The van der Waals surface area contributed by atoms with Crippen LogP contribution in [-0.4, -0.2) is 16.2 Å². The van der Waals surface area contributed by atoms with Gasteiger partial charge in [-0.05, 0) is 38.1 Å². The van der Waals surface area contributed by atoms with Crippen LogP contribution in [0, 0.1) is 13.8 Å². The molecular weight excluding hydrogens is 244 g/mol. The first-order chi connectivity index (χ1) is 9.00. The molecule has 98 valence electrons. The van der Waals surface area contributed by atoms with Crippen molar-refractivity contribution in [2.24, 2.45) is 0 Å². The molecule has 19 heavy (non-hydrogen) atoms. The van der Waals surface area contributed by atoms with E-state index < -0.39 is 5.97 Å². The highest BCUT2D eigenvalue weighted by molar-refractivity contribution is 5.93. The molecule has 0 radical (unpaired) electrons. The number of hydrogen-bond donors (Lipinski definition) is 2. The summed E-state index contributed by atoms with van der Waals surface area (Å²) >= 11 is 0. The normalized spacial score (nSPS) is 10.2. The Balaban J connectivity index is 2.31. The fraction of sp³-hybridized carbons (Fsp3) is 0.133. The molecule has 2 aromatic rings. The quantitative estimate of drug-likeness (QED) is 0.642. The molecule has 0 aliphatic carbocycles. The zero-order valence-corrected chi connectivity index (χ0v) is 10.7. The number of carbonyl (C=O) groups excluding carboxylic acids is 1. The topological polar surface area (TPSA) is 66.8 Å². The predicted octanol–water partition coefficient (Wildman–Crippen LogP) is 2.93. The van der Waals surface area contributed by atoms with Gasteiger partial charge in [-0.25, -0.2) is 4.79 Å². The summed E-state index contributed by atoms with van der Waals surface area (Å²) in [7, 11) is 0. The minimum atomic E-state index is -0.568. The first kappa shape index (κ1) is 13.0. The standard InChI is InChI=1S/C15H14O4/c1-9-11(5-3-6-12(9)16)15(18)19-14-8-4-7-13(17)10(14)2/h3-8,16-17H,1-2H3. The van der Waals surface area contributed by atoms with Crippen LogP contribution in [0.4, 0.5) is 0 Å². The van der Waals surface area contributed by atoms with Crippen molar-refractivity contribution in [1.82, 2.24) is 0 Å². The van der Waals surface area contributed by atoms with E-state index in [0.29, 0.717) is 22.4 Å². The number of rotatable bonds is 2. The maximum atomic E-state index is 12.0. The van der Waals surface area contributed by atoms with E-state index in [1.54, 1.807) is 38.1 Å². The Bertz CT molecular complexity index is 632. The van der Waals surface area contributed by atoms with Gasteiger partial charge in [-0.2, -0.15) is 0 Å². The van der Waals surface area contributed by atoms with Gasteiger partial charge in [0.1, 0.15) is 17.2 Å². The van der Waals surface area contributed by atoms with E-state index in [2.05, 4.69) is 0 Å². The molecule has 0 saturated carbocycles. The molecule has 4 heteroatoms. The molecule has 4 nitrogen and oxygen atoms in total. The minimum absolute atomic E-state index is 0.0436. The van der Waals surface area contributed by atoms with Crippen LogP contribution >= 0.6 is 0 Å². The van der Waals surface area contributed by atoms with Crippen molar-refractivity contribution in [3.63, 3.8) is 0 Å². The summed E-state index contributed by atoms with van der Waals surface area (Å²) in [5, 5.41) is 19.1. The second-order valence-electron chi connectivity index (χ2n) is 4.24. The fourth-order valence-corrected chi connectivity index (χ4v) is 1.71. The Morgan fingerprint density at radius 2 is 1.53 bits per heavy atom. The van der Waals surface area contributed by atoms with Gasteiger partial charge in [0.15, 0.2) is 0 Å². The van der Waals surface area contributed by atoms with Crippen LogP contribution < -0.4 is 4.74 Å². The summed E-state index contributed by atoms with van der Waals surface area (Å²) in [6, 6.07) is 9.38. The van der Waals surface area contributed by atoms with Crippen molar-refractivity contribution in [1.29, 1.82) is 0 Å². The number of ether oxygens (including phenoxy) is 1. The van der Waals surface area contributed by atoms with Crippen LogP contribution in [0.15, 0.2) is 36.4 Å². The molecule has 0 unspecified atom stereocenters. The molecule has 2 aromatic carbocycles. The van der Waals surface area contributed by atoms with Crippen LogP contribution in [-0.2, 0) is 0 Å². The van der Waals surface area contributed by atoms with Gasteiger partial charge in [-0.15, -0.1) is 0 Å². The Labute approximate surface area is 110 Å². The van der Waals surface area contributed by atoms with E-state index in [1.807, 2.05) is 0 Å². The number of phenolic OH excluding ortho intramolecular Hbond substituents is 2. The summed E-state index contributed by atoms with van der Waals surface area (Å²) in [6.07, 6.45) is 0. The van der Waals surface area contributed by atoms with Crippen molar-refractivity contribution in [3.05, 3.63) is 53.1 Å². The molecular formula is C15H14O4. The van der Waals surface area contributed by atoms with E-state index >= 15 is 0 Å². The van der Waals surface area contributed by atoms with Gasteiger partial charge in [0, 0.05) is 11.1 Å². The van der Waals surface area contributed by atoms with Crippen molar-refractivity contribution in [2.45, 2.75) is 13.8 Å². The lowest BCUT2D eigenvalue weighted by Gasteiger charge is -2.10. The molecule has 0 bridgehead atoms. The molecule has 0 aliphatic rings. The zero-order valence-electron chi connectivity index (χ0n) is 10.7. The maximum absolute atomic E-state index is 12.0. The Morgan fingerprint density at radius 1 is 0.947 bits per heavy atom. The molecule has 0 saturated heterocycles. The van der Waals surface area contributed by atoms with Gasteiger partial charge in [-0.1, -0.05) is 12.1 Å². The summed E-state index contributed by atoms with van der Waals surface area (Å²) in [6.45, 7) is 3.30. The number of esters is 1. The molecule has 0 amide bonds. The fourth-order valence-electron chi connectivity index (χ4n) is 1.71. The monoisotopic (exact) mass is 258 g/mol. The third-order valence-corrected chi connectivity index (χ3v) is 2.98. The lowest BCUT2D eigenvalue weighted by molar-refractivity contribution is 0.0732. The minimum Gasteiger partial charge on any atom is -0.508 e. The van der Waals surface area contributed by atoms with E-state index in [0.717, 1.165) is 0 Å². The number of benzene rings is 2. The Hall–Kier alpha value is -2.49. The van der Waals surface area contributed by atoms with Gasteiger partial charge < -0.3 is 14.9 Å². The third kappa shape index (κ3) is 2.52. The molecule has 2 rings (SSSR count).